The molecule has 0 saturated carbocycles. The lowest BCUT2D eigenvalue weighted by Crippen LogP contribution is -2.21. The van der Waals surface area contributed by atoms with E-state index in [-0.39, 0.29) is 17.9 Å². The summed E-state index contributed by atoms with van der Waals surface area (Å²) in [5.74, 6) is -0.194. The highest BCUT2D eigenvalue weighted by Crippen LogP contribution is 2.23. The second-order valence-corrected chi connectivity index (χ2v) is 6.77. The lowest BCUT2D eigenvalue weighted by molar-refractivity contribution is -0.118. The van der Waals surface area contributed by atoms with Crippen LogP contribution in [0.4, 0.5) is 11.4 Å². The van der Waals surface area contributed by atoms with Crippen LogP contribution in [-0.2, 0) is 20.7 Å². The van der Waals surface area contributed by atoms with Crippen LogP contribution in [0.3, 0.4) is 0 Å². The summed E-state index contributed by atoms with van der Waals surface area (Å²) in [5.41, 5.74) is 1.22. The molecule has 1 fully saturated rings. The third-order valence-corrected chi connectivity index (χ3v) is 4.70. The SMILES string of the molecule is O=C(Cc1cccs1)Nc1ccccc1NC(=O)CC1CCCO1. The summed E-state index contributed by atoms with van der Waals surface area (Å²) >= 11 is 1.55. The predicted molar refractivity (Wildman–Crippen MR) is 95.3 cm³/mol. The zero-order valence-electron chi connectivity index (χ0n) is 13.3. The Morgan fingerprint density at radius 2 is 1.83 bits per heavy atom. The van der Waals surface area contributed by atoms with Gasteiger partial charge < -0.3 is 15.4 Å². The third-order valence-electron chi connectivity index (χ3n) is 3.83. The average Bonchev–Trinajstić information content (AvgIpc) is 3.23. The monoisotopic (exact) mass is 344 g/mol. The molecule has 1 aliphatic heterocycles. The first-order chi connectivity index (χ1) is 11.7. The van der Waals surface area contributed by atoms with E-state index in [1.54, 1.807) is 23.5 Å². The Labute approximate surface area is 145 Å². The van der Waals surface area contributed by atoms with Gasteiger partial charge in [0.2, 0.25) is 11.8 Å². The fourth-order valence-corrected chi connectivity index (χ4v) is 3.38. The van der Waals surface area contributed by atoms with Gasteiger partial charge in [-0.05, 0) is 36.4 Å². The zero-order valence-corrected chi connectivity index (χ0v) is 14.1. The Morgan fingerprint density at radius 3 is 2.46 bits per heavy atom. The first-order valence-electron chi connectivity index (χ1n) is 8.03. The summed E-state index contributed by atoms with van der Waals surface area (Å²) in [7, 11) is 0. The fourth-order valence-electron chi connectivity index (χ4n) is 2.68. The van der Waals surface area contributed by atoms with E-state index in [0.717, 1.165) is 24.3 Å². The smallest absolute Gasteiger partial charge is 0.229 e. The quantitative estimate of drug-likeness (QED) is 0.843. The molecule has 1 unspecified atom stereocenters. The maximum Gasteiger partial charge on any atom is 0.229 e. The number of thiophene rings is 1. The second-order valence-electron chi connectivity index (χ2n) is 5.74. The van der Waals surface area contributed by atoms with Gasteiger partial charge in [-0.1, -0.05) is 18.2 Å². The van der Waals surface area contributed by atoms with Crippen molar-refractivity contribution >= 4 is 34.5 Å². The lowest BCUT2D eigenvalue weighted by Gasteiger charge is -2.13. The predicted octanol–water partition coefficient (Wildman–Crippen LogP) is 3.44. The highest BCUT2D eigenvalue weighted by molar-refractivity contribution is 7.10. The molecule has 0 bridgehead atoms. The molecular weight excluding hydrogens is 324 g/mol. The van der Waals surface area contributed by atoms with E-state index >= 15 is 0 Å². The van der Waals surface area contributed by atoms with E-state index in [4.69, 9.17) is 4.74 Å². The molecule has 6 heteroatoms. The van der Waals surface area contributed by atoms with Crippen LogP contribution in [0.5, 0.6) is 0 Å². The van der Waals surface area contributed by atoms with E-state index in [2.05, 4.69) is 10.6 Å². The summed E-state index contributed by atoms with van der Waals surface area (Å²) in [4.78, 5) is 25.3. The van der Waals surface area contributed by atoms with E-state index in [9.17, 15) is 9.59 Å². The van der Waals surface area contributed by atoms with Gasteiger partial charge in [-0.3, -0.25) is 9.59 Å². The summed E-state index contributed by atoms with van der Waals surface area (Å²) in [6, 6.07) is 11.1. The number of rotatable bonds is 6. The van der Waals surface area contributed by atoms with Gasteiger partial charge in [0.25, 0.3) is 0 Å². The van der Waals surface area contributed by atoms with E-state index < -0.39 is 0 Å². The van der Waals surface area contributed by atoms with Gasteiger partial charge in [-0.2, -0.15) is 0 Å². The molecule has 2 N–H and O–H groups in total. The molecule has 1 saturated heterocycles. The fraction of sp³-hybridized carbons (Fsp3) is 0.333. The van der Waals surface area contributed by atoms with Crippen molar-refractivity contribution in [1.29, 1.82) is 0 Å². The number of carbonyl (C=O) groups is 2. The van der Waals surface area contributed by atoms with Gasteiger partial charge in [0, 0.05) is 11.5 Å². The van der Waals surface area contributed by atoms with Crippen LogP contribution in [0, 0.1) is 0 Å². The number of hydrogen-bond acceptors (Lipinski definition) is 4. The first-order valence-corrected chi connectivity index (χ1v) is 8.91. The van der Waals surface area contributed by atoms with Crippen molar-refractivity contribution in [1.82, 2.24) is 0 Å². The molecule has 0 aliphatic carbocycles. The van der Waals surface area contributed by atoms with Crippen LogP contribution in [-0.4, -0.2) is 24.5 Å². The molecule has 24 heavy (non-hydrogen) atoms. The molecular formula is C18H20N2O3S. The van der Waals surface area contributed by atoms with Crippen LogP contribution < -0.4 is 10.6 Å². The van der Waals surface area contributed by atoms with Crippen molar-refractivity contribution in [3.63, 3.8) is 0 Å². The minimum atomic E-state index is -0.0988. The summed E-state index contributed by atoms with van der Waals surface area (Å²) in [6.45, 7) is 0.729. The van der Waals surface area contributed by atoms with Crippen molar-refractivity contribution < 1.29 is 14.3 Å². The van der Waals surface area contributed by atoms with E-state index in [1.165, 1.54) is 0 Å². The summed E-state index contributed by atoms with van der Waals surface area (Å²) < 4.78 is 5.49. The molecule has 126 valence electrons. The molecule has 1 aromatic carbocycles. The number of benzene rings is 1. The van der Waals surface area contributed by atoms with Crippen molar-refractivity contribution in [3.05, 3.63) is 46.7 Å². The number of nitrogens with one attached hydrogen (secondary N) is 2. The Morgan fingerprint density at radius 1 is 1.08 bits per heavy atom. The topological polar surface area (TPSA) is 67.4 Å². The van der Waals surface area contributed by atoms with Crippen LogP contribution in [0.15, 0.2) is 41.8 Å². The van der Waals surface area contributed by atoms with Gasteiger partial charge in [-0.15, -0.1) is 11.3 Å². The zero-order chi connectivity index (χ0) is 16.8. The normalized spacial score (nSPS) is 16.8. The molecule has 1 aliphatic rings. The number of amides is 2. The van der Waals surface area contributed by atoms with Crippen molar-refractivity contribution in [3.8, 4) is 0 Å². The van der Waals surface area contributed by atoms with E-state index in [1.807, 2.05) is 29.6 Å². The third kappa shape index (κ3) is 4.66. The van der Waals surface area contributed by atoms with Gasteiger partial charge in [0.05, 0.1) is 30.3 Å². The molecule has 1 aromatic heterocycles. The number of hydrogen-bond donors (Lipinski definition) is 2. The van der Waals surface area contributed by atoms with Crippen LogP contribution >= 0.6 is 11.3 Å². The van der Waals surface area contributed by atoms with E-state index in [0.29, 0.717) is 24.2 Å². The molecule has 2 heterocycles. The Bertz CT molecular complexity index is 694. The molecule has 2 aromatic rings. The van der Waals surface area contributed by atoms with Gasteiger partial charge in [-0.25, -0.2) is 0 Å². The van der Waals surface area contributed by atoms with Crippen LogP contribution in [0.25, 0.3) is 0 Å². The van der Waals surface area contributed by atoms with Crippen LogP contribution in [0.1, 0.15) is 24.1 Å². The van der Waals surface area contributed by atoms with Crippen LogP contribution in [0.2, 0.25) is 0 Å². The van der Waals surface area contributed by atoms with Crippen molar-refractivity contribution in [2.24, 2.45) is 0 Å². The number of anilines is 2. The van der Waals surface area contributed by atoms with Gasteiger partial charge in [0.1, 0.15) is 0 Å². The highest BCUT2D eigenvalue weighted by atomic mass is 32.1. The maximum absolute atomic E-state index is 12.2. The molecule has 5 nitrogen and oxygen atoms in total. The minimum absolute atomic E-state index is 0.00517. The average molecular weight is 344 g/mol. The maximum atomic E-state index is 12.2. The molecule has 0 spiro atoms. The molecule has 3 rings (SSSR count). The first kappa shape index (κ1) is 16.7. The lowest BCUT2D eigenvalue weighted by atomic mass is 10.1. The Hall–Kier alpha value is -2.18. The standard InChI is InChI=1S/C18H20N2O3S/c21-17(11-13-5-3-9-23-13)19-15-7-1-2-8-16(15)20-18(22)12-14-6-4-10-24-14/h1-2,4,6-8,10,13H,3,5,9,11-12H2,(H,19,21)(H,20,22). The second kappa shape index (κ2) is 8.08. The van der Waals surface area contributed by atoms with Gasteiger partial charge in [0.15, 0.2) is 0 Å². The number of carbonyl (C=O) groups excluding carboxylic acids is 2. The number of ether oxygens (including phenoxy) is 1. The molecule has 0 radical (unpaired) electrons. The Balaban J connectivity index is 1.59. The summed E-state index contributed by atoms with van der Waals surface area (Å²) in [6.07, 6.45) is 2.61. The van der Waals surface area contributed by atoms with Crippen molar-refractivity contribution in [2.45, 2.75) is 31.8 Å². The minimum Gasteiger partial charge on any atom is -0.378 e. The van der Waals surface area contributed by atoms with Gasteiger partial charge >= 0.3 is 0 Å². The highest BCUT2D eigenvalue weighted by Gasteiger charge is 2.19. The number of para-hydroxylation sites is 2. The molecule has 1 atom stereocenters. The Kier molecular flexibility index (Phi) is 5.61. The summed E-state index contributed by atoms with van der Waals surface area (Å²) in [5, 5.41) is 7.69. The largest absolute Gasteiger partial charge is 0.378 e. The van der Waals surface area contributed by atoms with Crippen molar-refractivity contribution in [2.75, 3.05) is 17.2 Å². The molecule has 2 amide bonds.